The van der Waals surface area contributed by atoms with E-state index in [1.807, 2.05) is 0 Å². The summed E-state index contributed by atoms with van der Waals surface area (Å²) in [5.74, 6) is -1.30. The van der Waals surface area contributed by atoms with E-state index in [1.165, 1.54) is 12.1 Å². The SMILES string of the molecule is COCc1cc(SCC(=O)O)n(-c2ccc(F)cc2C)n1. The molecule has 0 fully saturated rings. The van der Waals surface area contributed by atoms with E-state index in [4.69, 9.17) is 9.84 Å². The lowest BCUT2D eigenvalue weighted by Gasteiger charge is -2.09. The number of methoxy groups -OCH3 is 1. The number of hydrogen-bond donors (Lipinski definition) is 1. The minimum Gasteiger partial charge on any atom is -0.481 e. The molecule has 0 saturated heterocycles. The fourth-order valence-corrected chi connectivity index (χ4v) is 2.65. The number of carboxylic acids is 1. The first-order valence-electron chi connectivity index (χ1n) is 6.20. The van der Waals surface area contributed by atoms with Crippen molar-refractivity contribution >= 4 is 17.7 Å². The first-order chi connectivity index (χ1) is 10.0. The van der Waals surface area contributed by atoms with Crippen LogP contribution in [0.25, 0.3) is 5.69 Å². The van der Waals surface area contributed by atoms with Gasteiger partial charge in [0.15, 0.2) is 0 Å². The molecule has 7 heteroatoms. The van der Waals surface area contributed by atoms with Crippen molar-refractivity contribution in [2.24, 2.45) is 0 Å². The topological polar surface area (TPSA) is 64.3 Å². The van der Waals surface area contributed by atoms with Crippen LogP contribution in [0.2, 0.25) is 0 Å². The highest BCUT2D eigenvalue weighted by Crippen LogP contribution is 2.25. The van der Waals surface area contributed by atoms with E-state index in [9.17, 15) is 9.18 Å². The average molecular weight is 310 g/mol. The quantitative estimate of drug-likeness (QED) is 0.831. The summed E-state index contributed by atoms with van der Waals surface area (Å²) >= 11 is 1.16. The van der Waals surface area contributed by atoms with Gasteiger partial charge in [0.1, 0.15) is 10.8 Å². The molecule has 0 unspecified atom stereocenters. The number of ether oxygens (including phenoxy) is 1. The van der Waals surface area contributed by atoms with E-state index in [0.29, 0.717) is 23.0 Å². The lowest BCUT2D eigenvalue weighted by Crippen LogP contribution is -2.04. The van der Waals surface area contributed by atoms with Crippen molar-refractivity contribution in [1.29, 1.82) is 0 Å². The molecule has 0 spiro atoms. The number of hydrogen-bond acceptors (Lipinski definition) is 4. The van der Waals surface area contributed by atoms with Crippen molar-refractivity contribution in [3.63, 3.8) is 0 Å². The Kier molecular flexibility index (Phi) is 4.98. The molecule has 21 heavy (non-hydrogen) atoms. The van der Waals surface area contributed by atoms with E-state index in [1.54, 1.807) is 30.8 Å². The van der Waals surface area contributed by atoms with Crippen LogP contribution in [0.3, 0.4) is 0 Å². The van der Waals surface area contributed by atoms with E-state index in [-0.39, 0.29) is 11.6 Å². The maximum absolute atomic E-state index is 13.2. The van der Waals surface area contributed by atoms with Crippen LogP contribution >= 0.6 is 11.8 Å². The fraction of sp³-hybridized carbons (Fsp3) is 0.286. The van der Waals surface area contributed by atoms with Gasteiger partial charge in [-0.05, 0) is 36.8 Å². The van der Waals surface area contributed by atoms with Crippen LogP contribution in [-0.2, 0) is 16.1 Å². The van der Waals surface area contributed by atoms with Gasteiger partial charge in [-0.3, -0.25) is 4.79 Å². The van der Waals surface area contributed by atoms with Gasteiger partial charge in [-0.25, -0.2) is 9.07 Å². The largest absolute Gasteiger partial charge is 0.481 e. The summed E-state index contributed by atoms with van der Waals surface area (Å²) in [5.41, 5.74) is 2.12. The third-order valence-electron chi connectivity index (χ3n) is 2.75. The number of thioether (sulfide) groups is 1. The molecular weight excluding hydrogens is 295 g/mol. The fourth-order valence-electron chi connectivity index (χ4n) is 1.90. The smallest absolute Gasteiger partial charge is 0.313 e. The predicted octanol–water partition coefficient (Wildman–Crippen LogP) is 2.64. The summed E-state index contributed by atoms with van der Waals surface area (Å²) in [6, 6.07) is 6.17. The lowest BCUT2D eigenvalue weighted by molar-refractivity contribution is -0.133. The number of halogens is 1. The van der Waals surface area contributed by atoms with Crippen LogP contribution in [0.1, 0.15) is 11.3 Å². The zero-order valence-electron chi connectivity index (χ0n) is 11.7. The maximum Gasteiger partial charge on any atom is 0.313 e. The van der Waals surface area contributed by atoms with Gasteiger partial charge in [-0.1, -0.05) is 11.8 Å². The Bertz CT molecular complexity index is 658. The Morgan fingerprint density at radius 3 is 2.86 bits per heavy atom. The number of carbonyl (C=O) groups is 1. The molecule has 1 N–H and O–H groups in total. The monoisotopic (exact) mass is 310 g/mol. The number of aromatic nitrogens is 2. The number of aliphatic carboxylic acids is 1. The predicted molar refractivity (Wildman–Crippen MR) is 77.3 cm³/mol. The number of carboxylic acid groups (broad SMARTS) is 1. The van der Waals surface area contributed by atoms with Gasteiger partial charge in [-0.15, -0.1) is 0 Å². The second-order valence-electron chi connectivity index (χ2n) is 4.43. The molecule has 2 aromatic rings. The molecule has 1 aromatic carbocycles. The van der Waals surface area contributed by atoms with Crippen LogP contribution in [0.15, 0.2) is 29.3 Å². The molecule has 0 saturated carbocycles. The van der Waals surface area contributed by atoms with Crippen molar-refractivity contribution in [2.45, 2.75) is 18.6 Å². The van der Waals surface area contributed by atoms with Gasteiger partial charge in [0.05, 0.1) is 23.7 Å². The lowest BCUT2D eigenvalue weighted by atomic mass is 10.2. The zero-order valence-corrected chi connectivity index (χ0v) is 12.5. The van der Waals surface area contributed by atoms with Crippen molar-refractivity contribution in [1.82, 2.24) is 9.78 Å². The maximum atomic E-state index is 13.2. The number of aryl methyl sites for hydroxylation is 1. The summed E-state index contributed by atoms with van der Waals surface area (Å²) in [7, 11) is 1.56. The molecule has 0 amide bonds. The molecule has 0 aliphatic carbocycles. The summed E-state index contributed by atoms with van der Waals surface area (Å²) in [6.45, 7) is 2.11. The zero-order chi connectivity index (χ0) is 15.4. The second-order valence-corrected chi connectivity index (χ2v) is 5.43. The Morgan fingerprint density at radius 2 is 2.24 bits per heavy atom. The van der Waals surface area contributed by atoms with Crippen LogP contribution in [0.5, 0.6) is 0 Å². The highest BCUT2D eigenvalue weighted by Gasteiger charge is 2.13. The molecular formula is C14H15FN2O3S. The number of nitrogens with zero attached hydrogens (tertiary/aromatic N) is 2. The molecule has 0 aliphatic heterocycles. The highest BCUT2D eigenvalue weighted by atomic mass is 32.2. The second kappa shape index (κ2) is 6.73. The van der Waals surface area contributed by atoms with E-state index in [0.717, 1.165) is 17.3 Å². The molecule has 0 bridgehead atoms. The molecule has 112 valence electrons. The normalized spacial score (nSPS) is 10.8. The van der Waals surface area contributed by atoms with Gasteiger partial charge in [0.25, 0.3) is 0 Å². The summed E-state index contributed by atoms with van der Waals surface area (Å²) < 4.78 is 19.9. The van der Waals surface area contributed by atoms with Crippen molar-refractivity contribution in [2.75, 3.05) is 12.9 Å². The first-order valence-corrected chi connectivity index (χ1v) is 7.19. The number of benzene rings is 1. The highest BCUT2D eigenvalue weighted by molar-refractivity contribution is 7.99. The van der Waals surface area contributed by atoms with Gasteiger partial charge < -0.3 is 9.84 Å². The standard InChI is InChI=1S/C14H15FN2O3S/c1-9-5-10(15)3-4-12(9)17-13(21-8-14(18)19)6-11(16-17)7-20-2/h3-6H,7-8H2,1-2H3,(H,18,19). The van der Waals surface area contributed by atoms with Gasteiger partial charge >= 0.3 is 5.97 Å². The third-order valence-corrected chi connectivity index (χ3v) is 3.73. The first kappa shape index (κ1) is 15.5. The number of rotatable bonds is 6. The third kappa shape index (κ3) is 3.83. The van der Waals surface area contributed by atoms with Gasteiger partial charge in [-0.2, -0.15) is 5.10 Å². The molecule has 2 rings (SSSR count). The van der Waals surface area contributed by atoms with Gasteiger partial charge in [0, 0.05) is 7.11 Å². The van der Waals surface area contributed by atoms with E-state index in [2.05, 4.69) is 5.10 Å². The summed E-state index contributed by atoms with van der Waals surface area (Å²) in [4.78, 5) is 10.7. The summed E-state index contributed by atoms with van der Waals surface area (Å²) in [6.07, 6.45) is 0. The van der Waals surface area contributed by atoms with Crippen LogP contribution < -0.4 is 0 Å². The van der Waals surface area contributed by atoms with Crippen LogP contribution in [-0.4, -0.2) is 33.7 Å². The minimum absolute atomic E-state index is 0.0711. The molecule has 1 aromatic heterocycles. The minimum atomic E-state index is -0.906. The van der Waals surface area contributed by atoms with Crippen molar-refractivity contribution < 1.29 is 19.0 Å². The van der Waals surface area contributed by atoms with Crippen molar-refractivity contribution in [3.05, 3.63) is 41.3 Å². The Balaban J connectivity index is 2.41. The summed E-state index contributed by atoms with van der Waals surface area (Å²) in [5, 5.41) is 13.9. The molecule has 5 nitrogen and oxygen atoms in total. The van der Waals surface area contributed by atoms with Crippen LogP contribution in [0, 0.1) is 12.7 Å². The Morgan fingerprint density at radius 1 is 1.48 bits per heavy atom. The molecule has 1 heterocycles. The Labute approximate surface area is 125 Å². The molecule has 0 atom stereocenters. The molecule has 0 aliphatic rings. The van der Waals surface area contributed by atoms with Gasteiger partial charge in [0.2, 0.25) is 0 Å². The molecule has 0 radical (unpaired) electrons. The Hall–Kier alpha value is -1.86. The van der Waals surface area contributed by atoms with Crippen molar-refractivity contribution in [3.8, 4) is 5.69 Å². The van der Waals surface area contributed by atoms with E-state index >= 15 is 0 Å². The average Bonchev–Trinajstić information content (AvgIpc) is 2.79. The van der Waals surface area contributed by atoms with E-state index < -0.39 is 5.97 Å². The van der Waals surface area contributed by atoms with Crippen LogP contribution in [0.4, 0.5) is 4.39 Å².